The van der Waals surface area contributed by atoms with Crippen molar-refractivity contribution in [3.05, 3.63) is 59.7 Å². The lowest BCUT2D eigenvalue weighted by Crippen LogP contribution is -2.30. The topological polar surface area (TPSA) is 38.3 Å². The molecule has 0 aliphatic rings. The summed E-state index contributed by atoms with van der Waals surface area (Å²) in [6, 6.07) is 15.4. The third kappa shape index (κ3) is 3.60. The van der Waals surface area contributed by atoms with Crippen molar-refractivity contribution in [2.24, 2.45) is 0 Å². The van der Waals surface area contributed by atoms with Gasteiger partial charge in [-0.05, 0) is 50.1 Å². The molecule has 3 heteroatoms. The summed E-state index contributed by atoms with van der Waals surface area (Å²) < 4.78 is 5.66. The van der Waals surface area contributed by atoms with Gasteiger partial charge in [-0.25, -0.2) is 0 Å². The highest BCUT2D eigenvalue weighted by atomic mass is 16.5. The van der Waals surface area contributed by atoms with Gasteiger partial charge in [0.2, 0.25) is 0 Å². The molecule has 0 fully saturated rings. The first kappa shape index (κ1) is 14.1. The fourth-order valence-corrected chi connectivity index (χ4v) is 1.89. The summed E-state index contributed by atoms with van der Waals surface area (Å²) in [6.45, 7) is 5.70. The third-order valence-electron chi connectivity index (χ3n) is 3.07. The van der Waals surface area contributed by atoms with Crippen LogP contribution in [0.2, 0.25) is 0 Å². The van der Waals surface area contributed by atoms with Gasteiger partial charge in [-0.3, -0.25) is 4.79 Å². The average molecular weight is 269 g/mol. The Bertz CT molecular complexity index is 607. The summed E-state index contributed by atoms with van der Waals surface area (Å²) in [5.74, 6) is 0.554. The van der Waals surface area contributed by atoms with Gasteiger partial charge in [0.25, 0.3) is 5.91 Å². The molecule has 20 heavy (non-hydrogen) atoms. The summed E-state index contributed by atoms with van der Waals surface area (Å²) in [5.41, 5.74) is 2.95. The van der Waals surface area contributed by atoms with Crippen LogP contribution in [0, 0.1) is 13.8 Å². The lowest BCUT2D eigenvalue weighted by molar-refractivity contribution is -0.122. The van der Waals surface area contributed by atoms with Gasteiger partial charge in [0.1, 0.15) is 5.75 Å². The van der Waals surface area contributed by atoms with Gasteiger partial charge in [-0.15, -0.1) is 0 Å². The number of hydrogen-bond donors (Lipinski definition) is 1. The van der Waals surface area contributed by atoms with Crippen LogP contribution in [0.4, 0.5) is 5.69 Å². The fraction of sp³-hybridized carbons (Fsp3) is 0.235. The first-order valence-corrected chi connectivity index (χ1v) is 6.66. The van der Waals surface area contributed by atoms with Crippen molar-refractivity contribution >= 4 is 11.6 Å². The molecule has 104 valence electrons. The minimum absolute atomic E-state index is 0.152. The second-order valence-corrected chi connectivity index (χ2v) is 4.88. The molecular weight excluding hydrogens is 250 g/mol. The lowest BCUT2D eigenvalue weighted by atomic mass is 10.2. The van der Waals surface area contributed by atoms with Crippen molar-refractivity contribution in [2.45, 2.75) is 26.9 Å². The standard InChI is InChI=1S/C17H19NO2/c1-12-7-6-9-15(11-12)20-14(3)17(19)18-16-10-5-4-8-13(16)2/h4-11,14H,1-3H3,(H,18,19)/t14-/m0/s1. The van der Waals surface area contributed by atoms with Gasteiger partial charge in [0, 0.05) is 5.69 Å². The van der Waals surface area contributed by atoms with Crippen molar-refractivity contribution in [3.63, 3.8) is 0 Å². The van der Waals surface area contributed by atoms with Crippen LogP contribution in [0.1, 0.15) is 18.1 Å². The van der Waals surface area contributed by atoms with E-state index in [4.69, 9.17) is 4.74 Å². The van der Waals surface area contributed by atoms with E-state index in [-0.39, 0.29) is 5.91 Å². The van der Waals surface area contributed by atoms with Gasteiger partial charge in [0.15, 0.2) is 6.10 Å². The molecular formula is C17H19NO2. The quantitative estimate of drug-likeness (QED) is 0.919. The van der Waals surface area contributed by atoms with Crippen molar-refractivity contribution in [3.8, 4) is 5.75 Å². The van der Waals surface area contributed by atoms with Gasteiger partial charge in [0.05, 0.1) is 0 Å². The van der Waals surface area contributed by atoms with E-state index in [1.54, 1.807) is 6.92 Å². The summed E-state index contributed by atoms with van der Waals surface area (Å²) in [5, 5.41) is 2.88. The zero-order valence-corrected chi connectivity index (χ0v) is 12.0. The first-order valence-electron chi connectivity index (χ1n) is 6.66. The Hall–Kier alpha value is -2.29. The van der Waals surface area contributed by atoms with E-state index >= 15 is 0 Å². The van der Waals surface area contributed by atoms with Crippen LogP contribution in [0.3, 0.4) is 0 Å². The maximum atomic E-state index is 12.1. The molecule has 0 radical (unpaired) electrons. The number of carbonyl (C=O) groups excluding carboxylic acids is 1. The van der Waals surface area contributed by atoms with Crippen molar-refractivity contribution in [1.82, 2.24) is 0 Å². The summed E-state index contributed by atoms with van der Waals surface area (Å²) in [6.07, 6.45) is -0.545. The average Bonchev–Trinajstić information content (AvgIpc) is 2.41. The number of carbonyl (C=O) groups is 1. The summed E-state index contributed by atoms with van der Waals surface area (Å²) in [7, 11) is 0. The second-order valence-electron chi connectivity index (χ2n) is 4.88. The molecule has 0 saturated heterocycles. The predicted octanol–water partition coefficient (Wildman–Crippen LogP) is 3.71. The Balaban J connectivity index is 2.01. The molecule has 1 N–H and O–H groups in total. The number of hydrogen-bond acceptors (Lipinski definition) is 2. The molecule has 0 saturated carbocycles. The Labute approximate surface area is 119 Å². The fourth-order valence-electron chi connectivity index (χ4n) is 1.89. The Morgan fingerprint density at radius 2 is 1.85 bits per heavy atom. The number of amides is 1. The normalized spacial score (nSPS) is 11.8. The molecule has 0 bridgehead atoms. The highest BCUT2D eigenvalue weighted by molar-refractivity contribution is 5.94. The van der Waals surface area contributed by atoms with E-state index in [9.17, 15) is 4.79 Å². The zero-order chi connectivity index (χ0) is 14.5. The Kier molecular flexibility index (Phi) is 4.41. The number of nitrogens with one attached hydrogen (secondary N) is 1. The van der Waals surface area contributed by atoms with Crippen molar-refractivity contribution in [2.75, 3.05) is 5.32 Å². The van der Waals surface area contributed by atoms with E-state index in [2.05, 4.69) is 5.32 Å². The van der Waals surface area contributed by atoms with Gasteiger partial charge >= 0.3 is 0 Å². The van der Waals surface area contributed by atoms with Crippen LogP contribution in [-0.4, -0.2) is 12.0 Å². The summed E-state index contributed by atoms with van der Waals surface area (Å²) >= 11 is 0. The minimum Gasteiger partial charge on any atom is -0.481 e. The smallest absolute Gasteiger partial charge is 0.265 e. The number of anilines is 1. The van der Waals surface area contributed by atoms with Gasteiger partial charge in [-0.1, -0.05) is 30.3 Å². The van der Waals surface area contributed by atoms with Crippen LogP contribution < -0.4 is 10.1 Å². The molecule has 2 aromatic carbocycles. The van der Waals surface area contributed by atoms with Crippen LogP contribution in [0.5, 0.6) is 5.75 Å². The lowest BCUT2D eigenvalue weighted by Gasteiger charge is -2.16. The second kappa shape index (κ2) is 6.24. The SMILES string of the molecule is Cc1cccc(O[C@@H](C)C(=O)Nc2ccccc2C)c1. The van der Waals surface area contributed by atoms with Crippen molar-refractivity contribution < 1.29 is 9.53 Å². The van der Waals surface area contributed by atoms with Crippen molar-refractivity contribution in [1.29, 1.82) is 0 Å². The first-order chi connectivity index (χ1) is 9.56. The Morgan fingerprint density at radius 3 is 2.55 bits per heavy atom. The van der Waals surface area contributed by atoms with Crippen LogP contribution in [0.25, 0.3) is 0 Å². The van der Waals surface area contributed by atoms with E-state index in [0.717, 1.165) is 16.8 Å². The number of rotatable bonds is 4. The zero-order valence-electron chi connectivity index (χ0n) is 12.0. The number of aryl methyl sites for hydroxylation is 2. The maximum Gasteiger partial charge on any atom is 0.265 e. The maximum absolute atomic E-state index is 12.1. The van der Waals surface area contributed by atoms with Gasteiger partial charge < -0.3 is 10.1 Å². The Morgan fingerprint density at radius 1 is 1.10 bits per heavy atom. The molecule has 0 aliphatic carbocycles. The minimum atomic E-state index is -0.545. The van der Waals surface area contributed by atoms with Crippen LogP contribution in [-0.2, 0) is 4.79 Å². The molecule has 1 atom stereocenters. The van der Waals surface area contributed by atoms with Crippen LogP contribution in [0.15, 0.2) is 48.5 Å². The highest BCUT2D eigenvalue weighted by Gasteiger charge is 2.15. The molecule has 1 amide bonds. The number of benzene rings is 2. The molecule has 2 rings (SSSR count). The molecule has 0 aromatic heterocycles. The van der Waals surface area contributed by atoms with E-state index in [0.29, 0.717) is 5.75 Å². The van der Waals surface area contributed by atoms with Gasteiger partial charge in [-0.2, -0.15) is 0 Å². The predicted molar refractivity (Wildman–Crippen MR) is 81.1 cm³/mol. The molecule has 2 aromatic rings. The molecule has 0 aliphatic heterocycles. The highest BCUT2D eigenvalue weighted by Crippen LogP contribution is 2.16. The molecule has 0 spiro atoms. The van der Waals surface area contributed by atoms with E-state index in [1.807, 2.05) is 62.4 Å². The molecule has 0 heterocycles. The monoisotopic (exact) mass is 269 g/mol. The van der Waals surface area contributed by atoms with Crippen LogP contribution >= 0.6 is 0 Å². The molecule has 3 nitrogen and oxygen atoms in total. The largest absolute Gasteiger partial charge is 0.481 e. The van der Waals surface area contributed by atoms with E-state index < -0.39 is 6.10 Å². The third-order valence-corrected chi connectivity index (χ3v) is 3.07. The molecule has 0 unspecified atom stereocenters. The number of para-hydroxylation sites is 1. The van der Waals surface area contributed by atoms with E-state index in [1.165, 1.54) is 0 Å². The number of ether oxygens (including phenoxy) is 1. The summed E-state index contributed by atoms with van der Waals surface area (Å²) in [4.78, 5) is 12.1.